The first kappa shape index (κ1) is 15.7. The molecule has 1 aromatic heterocycles. The largest absolute Gasteiger partial charge is 0.457 e. The molecule has 2 aromatic rings. The van der Waals surface area contributed by atoms with Gasteiger partial charge in [-0.15, -0.1) is 11.3 Å². The lowest BCUT2D eigenvalue weighted by Crippen LogP contribution is -2.22. The Hall–Kier alpha value is -1.65. The predicted molar refractivity (Wildman–Crippen MR) is 86.2 cm³/mol. The van der Waals surface area contributed by atoms with Crippen molar-refractivity contribution in [3.8, 4) is 0 Å². The lowest BCUT2D eigenvalue weighted by atomic mass is 10.2. The molecular weight excluding hydrogens is 282 g/mol. The molecule has 0 unspecified atom stereocenters. The van der Waals surface area contributed by atoms with Crippen LogP contribution in [0.15, 0.2) is 47.8 Å². The first-order chi connectivity index (χ1) is 10.1. The molecule has 1 atom stereocenters. The van der Waals surface area contributed by atoms with Crippen molar-refractivity contribution in [3.63, 3.8) is 0 Å². The van der Waals surface area contributed by atoms with Crippen molar-refractivity contribution in [2.24, 2.45) is 0 Å². The van der Waals surface area contributed by atoms with Crippen LogP contribution in [0.5, 0.6) is 0 Å². The summed E-state index contributed by atoms with van der Waals surface area (Å²) in [5.41, 5.74) is 1.29. The first-order valence-electron chi connectivity index (χ1n) is 7.08. The van der Waals surface area contributed by atoms with E-state index < -0.39 is 0 Å². The van der Waals surface area contributed by atoms with Crippen molar-refractivity contribution in [2.45, 2.75) is 26.0 Å². The van der Waals surface area contributed by atoms with Crippen LogP contribution in [-0.2, 0) is 16.1 Å². The van der Waals surface area contributed by atoms with E-state index in [0.29, 0.717) is 0 Å². The standard InChI is InChI=1S/C17H21NO2S/c1-14(19)20-16(17-9-6-12-21-17)10-11-18(2)13-15-7-4-3-5-8-15/h3-9,12,16H,10-11,13H2,1-2H3/t16-/m0/s1. The molecule has 0 spiro atoms. The molecule has 1 aromatic carbocycles. The summed E-state index contributed by atoms with van der Waals surface area (Å²) in [6, 6.07) is 14.4. The number of thiophene rings is 1. The smallest absolute Gasteiger partial charge is 0.303 e. The van der Waals surface area contributed by atoms with Gasteiger partial charge in [-0.2, -0.15) is 0 Å². The summed E-state index contributed by atoms with van der Waals surface area (Å²) < 4.78 is 5.44. The highest BCUT2D eigenvalue weighted by atomic mass is 32.1. The minimum Gasteiger partial charge on any atom is -0.457 e. The zero-order chi connectivity index (χ0) is 15.1. The van der Waals surface area contributed by atoms with Gasteiger partial charge in [-0.05, 0) is 24.1 Å². The van der Waals surface area contributed by atoms with Crippen LogP contribution in [0.3, 0.4) is 0 Å². The first-order valence-corrected chi connectivity index (χ1v) is 7.96. The van der Waals surface area contributed by atoms with Gasteiger partial charge < -0.3 is 9.64 Å². The number of carbonyl (C=O) groups excluding carboxylic acids is 1. The van der Waals surface area contributed by atoms with Crippen LogP contribution in [0.25, 0.3) is 0 Å². The highest BCUT2D eigenvalue weighted by Crippen LogP contribution is 2.26. The molecular formula is C17H21NO2S. The quantitative estimate of drug-likeness (QED) is 0.727. The number of esters is 1. The van der Waals surface area contributed by atoms with Crippen molar-refractivity contribution in [1.82, 2.24) is 4.90 Å². The monoisotopic (exact) mass is 303 g/mol. The van der Waals surface area contributed by atoms with Crippen LogP contribution in [0.4, 0.5) is 0 Å². The normalized spacial score (nSPS) is 12.3. The zero-order valence-corrected chi connectivity index (χ0v) is 13.3. The summed E-state index contributed by atoms with van der Waals surface area (Å²) >= 11 is 1.63. The number of ether oxygens (including phenoxy) is 1. The highest BCUT2D eigenvalue weighted by molar-refractivity contribution is 7.10. The second-order valence-electron chi connectivity index (χ2n) is 5.13. The number of benzene rings is 1. The highest BCUT2D eigenvalue weighted by Gasteiger charge is 2.16. The second kappa shape index (κ2) is 7.96. The number of hydrogen-bond acceptors (Lipinski definition) is 4. The number of rotatable bonds is 7. The molecule has 0 saturated heterocycles. The maximum atomic E-state index is 11.3. The van der Waals surface area contributed by atoms with Crippen molar-refractivity contribution in [3.05, 3.63) is 58.3 Å². The van der Waals surface area contributed by atoms with Crippen molar-refractivity contribution < 1.29 is 9.53 Å². The van der Waals surface area contributed by atoms with Gasteiger partial charge in [0.15, 0.2) is 0 Å². The van der Waals surface area contributed by atoms with E-state index in [1.54, 1.807) is 11.3 Å². The summed E-state index contributed by atoms with van der Waals surface area (Å²) in [5.74, 6) is -0.223. The van der Waals surface area contributed by atoms with Gasteiger partial charge >= 0.3 is 5.97 Å². The fourth-order valence-corrected chi connectivity index (χ4v) is 3.04. The molecule has 0 saturated carbocycles. The minimum atomic E-state index is -0.223. The Morgan fingerprint density at radius 2 is 2.00 bits per heavy atom. The Kier molecular flexibility index (Phi) is 5.96. The van der Waals surface area contributed by atoms with Gasteiger partial charge in [-0.1, -0.05) is 36.4 Å². The van der Waals surface area contributed by atoms with Crippen LogP contribution >= 0.6 is 11.3 Å². The Morgan fingerprint density at radius 1 is 1.24 bits per heavy atom. The molecule has 0 aliphatic heterocycles. The SMILES string of the molecule is CC(=O)O[C@@H](CCN(C)Cc1ccccc1)c1cccs1. The molecule has 0 bridgehead atoms. The van der Waals surface area contributed by atoms with Gasteiger partial charge in [-0.25, -0.2) is 0 Å². The van der Waals surface area contributed by atoms with Crippen LogP contribution in [-0.4, -0.2) is 24.5 Å². The fraction of sp³-hybridized carbons (Fsp3) is 0.353. The maximum absolute atomic E-state index is 11.3. The predicted octanol–water partition coefficient (Wildman–Crippen LogP) is 3.87. The Balaban J connectivity index is 1.87. The molecule has 0 radical (unpaired) electrons. The van der Waals surface area contributed by atoms with E-state index >= 15 is 0 Å². The number of carbonyl (C=O) groups is 1. The molecule has 0 N–H and O–H groups in total. The van der Waals surface area contributed by atoms with E-state index in [0.717, 1.165) is 24.4 Å². The summed E-state index contributed by atoms with van der Waals surface area (Å²) in [6.45, 7) is 3.25. The Morgan fingerprint density at radius 3 is 2.62 bits per heavy atom. The average Bonchev–Trinajstić information content (AvgIpc) is 2.98. The van der Waals surface area contributed by atoms with Crippen molar-refractivity contribution in [2.75, 3.05) is 13.6 Å². The Bertz CT molecular complexity index is 539. The molecule has 3 nitrogen and oxygen atoms in total. The third-order valence-corrected chi connectivity index (χ3v) is 4.20. The van der Waals surface area contributed by atoms with Gasteiger partial charge in [0, 0.05) is 31.3 Å². The molecule has 1 heterocycles. The summed E-state index contributed by atoms with van der Waals surface area (Å²) in [7, 11) is 2.09. The van der Waals surface area contributed by atoms with E-state index in [1.807, 2.05) is 23.6 Å². The van der Waals surface area contributed by atoms with Crippen LogP contribution in [0, 0.1) is 0 Å². The van der Waals surface area contributed by atoms with Crippen LogP contribution in [0.1, 0.15) is 29.9 Å². The molecule has 112 valence electrons. The number of hydrogen-bond donors (Lipinski definition) is 0. The van der Waals surface area contributed by atoms with Crippen molar-refractivity contribution in [1.29, 1.82) is 0 Å². The van der Waals surface area contributed by atoms with E-state index in [9.17, 15) is 4.79 Å². The summed E-state index contributed by atoms with van der Waals surface area (Å²) in [5, 5.41) is 2.01. The third kappa shape index (κ3) is 5.33. The topological polar surface area (TPSA) is 29.5 Å². The van der Waals surface area contributed by atoms with Gasteiger partial charge in [-0.3, -0.25) is 4.79 Å². The van der Waals surface area contributed by atoms with Crippen LogP contribution < -0.4 is 0 Å². The van der Waals surface area contributed by atoms with Gasteiger partial charge in [0.05, 0.1) is 0 Å². The van der Waals surface area contributed by atoms with Gasteiger partial charge in [0.25, 0.3) is 0 Å². The van der Waals surface area contributed by atoms with E-state index in [2.05, 4.69) is 36.2 Å². The Labute approximate surface area is 130 Å². The van der Waals surface area contributed by atoms with E-state index in [4.69, 9.17) is 4.74 Å². The van der Waals surface area contributed by atoms with Gasteiger partial charge in [0.2, 0.25) is 0 Å². The minimum absolute atomic E-state index is 0.138. The molecule has 0 aliphatic carbocycles. The zero-order valence-electron chi connectivity index (χ0n) is 12.5. The van der Waals surface area contributed by atoms with Crippen molar-refractivity contribution >= 4 is 17.3 Å². The van der Waals surface area contributed by atoms with Crippen LogP contribution in [0.2, 0.25) is 0 Å². The second-order valence-corrected chi connectivity index (χ2v) is 6.10. The lowest BCUT2D eigenvalue weighted by Gasteiger charge is -2.21. The average molecular weight is 303 g/mol. The van der Waals surface area contributed by atoms with E-state index in [1.165, 1.54) is 12.5 Å². The summed E-state index contributed by atoms with van der Waals surface area (Å²) in [6.07, 6.45) is 0.671. The molecule has 0 amide bonds. The third-order valence-electron chi connectivity index (χ3n) is 3.24. The molecule has 4 heteroatoms. The molecule has 21 heavy (non-hydrogen) atoms. The maximum Gasteiger partial charge on any atom is 0.303 e. The van der Waals surface area contributed by atoms with Gasteiger partial charge in [0.1, 0.15) is 6.10 Å². The lowest BCUT2D eigenvalue weighted by molar-refractivity contribution is -0.147. The molecule has 2 rings (SSSR count). The fourth-order valence-electron chi connectivity index (χ4n) is 2.25. The van der Waals surface area contributed by atoms with E-state index in [-0.39, 0.29) is 12.1 Å². The molecule has 0 aliphatic rings. The molecule has 0 fully saturated rings. The number of nitrogens with zero attached hydrogens (tertiary/aromatic N) is 1. The summed E-state index contributed by atoms with van der Waals surface area (Å²) in [4.78, 5) is 14.6.